The lowest BCUT2D eigenvalue weighted by Crippen LogP contribution is -2.62. The zero-order chi connectivity index (χ0) is 21.3. The molecule has 2 amide bonds. The summed E-state index contributed by atoms with van der Waals surface area (Å²) in [6.07, 6.45) is 3.56. The monoisotopic (exact) mass is 398 g/mol. The smallest absolute Gasteiger partial charge is 0.243 e. The fraction of sp³-hybridized carbons (Fsp3) is 0.680. The summed E-state index contributed by atoms with van der Waals surface area (Å²) in [6, 6.07) is 8.54. The number of carbonyl (C=O) groups is 2. The van der Waals surface area contributed by atoms with Gasteiger partial charge in [0, 0.05) is 18.5 Å². The number of nitrogens with zero attached hydrogens (tertiary/aromatic N) is 1. The van der Waals surface area contributed by atoms with E-state index in [0.29, 0.717) is 18.4 Å². The number of rotatable bonds is 6. The van der Waals surface area contributed by atoms with Crippen LogP contribution in [0, 0.1) is 11.8 Å². The summed E-state index contributed by atoms with van der Waals surface area (Å²) in [4.78, 5) is 28.1. The van der Waals surface area contributed by atoms with Crippen LogP contribution in [0.25, 0.3) is 0 Å². The van der Waals surface area contributed by atoms with Crippen molar-refractivity contribution in [1.29, 1.82) is 0 Å². The van der Waals surface area contributed by atoms with Gasteiger partial charge >= 0.3 is 0 Å². The predicted octanol–water partition coefficient (Wildman–Crippen LogP) is 4.63. The van der Waals surface area contributed by atoms with Crippen LogP contribution in [-0.4, -0.2) is 35.3 Å². The van der Waals surface area contributed by atoms with Gasteiger partial charge in [0.05, 0.1) is 0 Å². The normalized spacial score (nSPS) is 27.1. The molecule has 2 fully saturated rings. The summed E-state index contributed by atoms with van der Waals surface area (Å²) in [5, 5.41) is 3.15. The Morgan fingerprint density at radius 1 is 1.21 bits per heavy atom. The van der Waals surface area contributed by atoms with Crippen LogP contribution >= 0.6 is 0 Å². The predicted molar refractivity (Wildman–Crippen MR) is 118 cm³/mol. The van der Waals surface area contributed by atoms with Crippen LogP contribution in [0.2, 0.25) is 0 Å². The van der Waals surface area contributed by atoms with Crippen LogP contribution in [0.5, 0.6) is 0 Å². The Bertz CT molecular complexity index is 732. The van der Waals surface area contributed by atoms with Gasteiger partial charge in [-0.25, -0.2) is 0 Å². The number of hydrogen-bond donors (Lipinski definition) is 1. The Morgan fingerprint density at radius 3 is 2.41 bits per heavy atom. The Labute approximate surface area is 176 Å². The molecular weight excluding hydrogens is 360 g/mol. The highest BCUT2D eigenvalue weighted by atomic mass is 16.2. The van der Waals surface area contributed by atoms with E-state index in [4.69, 9.17) is 0 Å². The Hall–Kier alpha value is -1.84. The number of nitrogens with one attached hydrogen (secondary N) is 1. The molecule has 0 aromatic heterocycles. The maximum absolute atomic E-state index is 13.4. The van der Waals surface area contributed by atoms with E-state index in [9.17, 15) is 9.59 Å². The summed E-state index contributed by atoms with van der Waals surface area (Å²) in [5.41, 5.74) is 2.71. The van der Waals surface area contributed by atoms with Crippen molar-refractivity contribution in [1.82, 2.24) is 10.2 Å². The van der Waals surface area contributed by atoms with Crippen molar-refractivity contribution < 1.29 is 9.59 Å². The molecule has 29 heavy (non-hydrogen) atoms. The highest BCUT2D eigenvalue weighted by molar-refractivity contribution is 5.91. The standard InChI is InChI=1S/C25H38N2O2/c1-7-8-19-15-27(22(13-16(2)3)23(28)26-19)24(29)21-14-20(21)17-9-11-18(12-10-17)25(4,5)6/h9-12,16,19-22H,7-8,13-15H2,1-6H3,(H,26,28)/t19-,20-,21+,22-/m0/s1. The topological polar surface area (TPSA) is 49.4 Å². The molecule has 1 N–H and O–H groups in total. The van der Waals surface area contributed by atoms with Gasteiger partial charge in [-0.15, -0.1) is 0 Å². The third kappa shape index (κ3) is 5.02. The summed E-state index contributed by atoms with van der Waals surface area (Å²) >= 11 is 0. The third-order valence-corrected chi connectivity index (χ3v) is 6.37. The minimum Gasteiger partial charge on any atom is -0.350 e. The number of benzene rings is 1. The van der Waals surface area contributed by atoms with Gasteiger partial charge in [0.1, 0.15) is 6.04 Å². The third-order valence-electron chi connectivity index (χ3n) is 6.37. The molecule has 0 spiro atoms. The second kappa shape index (κ2) is 8.49. The first-order valence-electron chi connectivity index (χ1n) is 11.3. The fourth-order valence-electron chi connectivity index (χ4n) is 4.57. The van der Waals surface area contributed by atoms with E-state index in [1.165, 1.54) is 11.1 Å². The molecule has 1 aliphatic carbocycles. The summed E-state index contributed by atoms with van der Waals surface area (Å²) in [7, 11) is 0. The molecule has 4 nitrogen and oxygen atoms in total. The molecule has 4 atom stereocenters. The van der Waals surface area contributed by atoms with Crippen LogP contribution in [0.15, 0.2) is 24.3 Å². The molecule has 0 radical (unpaired) electrons. The Morgan fingerprint density at radius 2 is 1.86 bits per heavy atom. The van der Waals surface area contributed by atoms with E-state index < -0.39 is 0 Å². The van der Waals surface area contributed by atoms with Crippen molar-refractivity contribution in [3.8, 4) is 0 Å². The summed E-state index contributed by atoms with van der Waals surface area (Å²) < 4.78 is 0. The second-order valence-corrected chi connectivity index (χ2v) is 10.5. The van der Waals surface area contributed by atoms with Crippen molar-refractivity contribution in [3.63, 3.8) is 0 Å². The fourth-order valence-corrected chi connectivity index (χ4v) is 4.57. The number of hydrogen-bond acceptors (Lipinski definition) is 2. The van der Waals surface area contributed by atoms with E-state index in [0.717, 1.165) is 25.7 Å². The quantitative estimate of drug-likeness (QED) is 0.759. The average molecular weight is 399 g/mol. The van der Waals surface area contributed by atoms with Gasteiger partial charge in [-0.05, 0) is 47.6 Å². The van der Waals surface area contributed by atoms with E-state index >= 15 is 0 Å². The molecule has 0 unspecified atom stereocenters. The van der Waals surface area contributed by atoms with Crippen LogP contribution in [0.3, 0.4) is 0 Å². The van der Waals surface area contributed by atoms with E-state index in [-0.39, 0.29) is 35.2 Å². The molecule has 1 heterocycles. The van der Waals surface area contributed by atoms with E-state index in [1.807, 2.05) is 4.90 Å². The van der Waals surface area contributed by atoms with Gasteiger partial charge in [0.2, 0.25) is 11.8 Å². The number of amides is 2. The SMILES string of the molecule is CCC[C@H]1CN(C(=O)[C@@H]2C[C@H]2c2ccc(C(C)(C)C)cc2)[C@@H](CC(C)C)C(=O)N1. The van der Waals surface area contributed by atoms with Gasteiger partial charge in [0.25, 0.3) is 0 Å². The van der Waals surface area contributed by atoms with Gasteiger partial charge in [-0.1, -0.05) is 72.2 Å². The maximum Gasteiger partial charge on any atom is 0.243 e. The zero-order valence-corrected chi connectivity index (χ0v) is 19.0. The molecule has 3 rings (SSSR count). The number of piperazine rings is 1. The largest absolute Gasteiger partial charge is 0.350 e. The molecule has 2 aliphatic rings. The summed E-state index contributed by atoms with van der Waals surface area (Å²) in [5.74, 6) is 0.910. The number of carbonyl (C=O) groups excluding carboxylic acids is 2. The first kappa shape index (κ1) is 21.9. The first-order chi connectivity index (χ1) is 13.6. The van der Waals surface area contributed by atoms with Gasteiger partial charge in [0.15, 0.2) is 0 Å². The average Bonchev–Trinajstić information content (AvgIpc) is 3.43. The molecule has 0 bridgehead atoms. The minimum absolute atomic E-state index is 0.0262. The van der Waals surface area contributed by atoms with Crippen LogP contribution in [-0.2, 0) is 15.0 Å². The van der Waals surface area contributed by atoms with Gasteiger partial charge in [-0.3, -0.25) is 9.59 Å². The zero-order valence-electron chi connectivity index (χ0n) is 19.0. The molecule has 1 saturated heterocycles. The van der Waals surface area contributed by atoms with Crippen LogP contribution < -0.4 is 5.32 Å². The lowest BCUT2D eigenvalue weighted by Gasteiger charge is -2.40. The van der Waals surface area contributed by atoms with Crippen LogP contribution in [0.1, 0.15) is 84.3 Å². The summed E-state index contributed by atoms with van der Waals surface area (Å²) in [6.45, 7) is 13.7. The lowest BCUT2D eigenvalue weighted by atomic mass is 9.86. The molecule has 1 aliphatic heterocycles. The van der Waals surface area contributed by atoms with E-state index in [1.54, 1.807) is 0 Å². The second-order valence-electron chi connectivity index (χ2n) is 10.5. The minimum atomic E-state index is -0.319. The highest BCUT2D eigenvalue weighted by Gasteiger charge is 2.49. The molecule has 1 aromatic rings. The van der Waals surface area contributed by atoms with Crippen molar-refractivity contribution in [3.05, 3.63) is 35.4 Å². The molecule has 160 valence electrons. The lowest BCUT2D eigenvalue weighted by molar-refractivity contribution is -0.146. The van der Waals surface area contributed by atoms with Crippen LogP contribution in [0.4, 0.5) is 0 Å². The molecular formula is C25H38N2O2. The Kier molecular flexibility index (Phi) is 6.40. The molecule has 1 saturated carbocycles. The van der Waals surface area contributed by atoms with Gasteiger partial charge in [-0.2, -0.15) is 0 Å². The Balaban J connectivity index is 1.72. The van der Waals surface area contributed by atoms with Crippen molar-refractivity contribution in [2.75, 3.05) is 6.54 Å². The van der Waals surface area contributed by atoms with Gasteiger partial charge < -0.3 is 10.2 Å². The van der Waals surface area contributed by atoms with Crippen molar-refractivity contribution in [2.24, 2.45) is 11.8 Å². The first-order valence-corrected chi connectivity index (χ1v) is 11.3. The van der Waals surface area contributed by atoms with E-state index in [2.05, 4.69) is 71.1 Å². The highest BCUT2D eigenvalue weighted by Crippen LogP contribution is 2.49. The molecule has 1 aromatic carbocycles. The van der Waals surface area contributed by atoms with Crippen molar-refractivity contribution >= 4 is 11.8 Å². The maximum atomic E-state index is 13.4. The van der Waals surface area contributed by atoms with Crippen molar-refractivity contribution in [2.45, 2.75) is 90.6 Å². The molecule has 4 heteroatoms.